The summed E-state index contributed by atoms with van der Waals surface area (Å²) in [5.74, 6) is -0.746. The second kappa shape index (κ2) is 12.1. The number of carbonyl (C=O) groups excluding carboxylic acids is 2. The molecule has 190 valence electrons. The summed E-state index contributed by atoms with van der Waals surface area (Å²) in [7, 11) is -3.96. The first-order chi connectivity index (χ1) is 16.7. The van der Waals surface area contributed by atoms with Crippen LogP contribution in [-0.2, 0) is 24.3 Å². The van der Waals surface area contributed by atoms with Crippen molar-refractivity contribution in [2.75, 3.05) is 19.7 Å². The summed E-state index contributed by atoms with van der Waals surface area (Å²) in [6.45, 7) is 2.81. The molecule has 9 nitrogen and oxygen atoms in total. The molecule has 10 heteroatoms. The Balaban J connectivity index is 1.73. The van der Waals surface area contributed by atoms with E-state index in [9.17, 15) is 18.0 Å². The van der Waals surface area contributed by atoms with Crippen molar-refractivity contribution in [1.82, 2.24) is 9.62 Å². The van der Waals surface area contributed by atoms with Gasteiger partial charge in [0, 0.05) is 19.5 Å². The van der Waals surface area contributed by atoms with Crippen LogP contribution in [-0.4, -0.2) is 56.8 Å². The van der Waals surface area contributed by atoms with Crippen LogP contribution < -0.4 is 10.5 Å². The van der Waals surface area contributed by atoms with Crippen molar-refractivity contribution >= 4 is 38.5 Å². The SMILES string of the molecule is CCOC(=O)C1CCN(C(=O)[C@H](CCCCC(=N)N)NS(=O)(=O)c2ccc3ccccc3c2)CC1. The number of esters is 1. The molecule has 1 fully saturated rings. The molecule has 1 aliphatic rings. The number of rotatable bonds is 11. The zero-order chi connectivity index (χ0) is 25.4. The van der Waals surface area contributed by atoms with E-state index in [0.717, 1.165) is 10.8 Å². The maximum Gasteiger partial charge on any atom is 0.309 e. The number of benzene rings is 2. The number of hydrogen-bond acceptors (Lipinski definition) is 6. The van der Waals surface area contributed by atoms with Gasteiger partial charge in [0.2, 0.25) is 15.9 Å². The van der Waals surface area contributed by atoms with Crippen molar-refractivity contribution in [3.63, 3.8) is 0 Å². The average Bonchev–Trinajstić information content (AvgIpc) is 2.85. The molecule has 4 N–H and O–H groups in total. The first kappa shape index (κ1) is 26.6. The number of unbranched alkanes of at least 4 members (excludes halogenated alkanes) is 1. The summed E-state index contributed by atoms with van der Waals surface area (Å²) in [6.07, 6.45) is 2.77. The van der Waals surface area contributed by atoms with E-state index in [0.29, 0.717) is 51.8 Å². The highest BCUT2D eigenvalue weighted by molar-refractivity contribution is 7.89. The number of nitrogens with one attached hydrogen (secondary N) is 2. The summed E-state index contributed by atoms with van der Waals surface area (Å²) in [6, 6.07) is 11.4. The highest BCUT2D eigenvalue weighted by Crippen LogP contribution is 2.22. The zero-order valence-electron chi connectivity index (χ0n) is 20.0. The fourth-order valence-corrected chi connectivity index (χ4v) is 5.56. The second-order valence-corrected chi connectivity index (χ2v) is 10.5. The third-order valence-electron chi connectivity index (χ3n) is 6.24. The summed E-state index contributed by atoms with van der Waals surface area (Å²) < 4.78 is 34.2. The highest BCUT2D eigenvalue weighted by Gasteiger charge is 2.33. The van der Waals surface area contributed by atoms with Gasteiger partial charge in [-0.25, -0.2) is 8.42 Å². The van der Waals surface area contributed by atoms with Gasteiger partial charge in [-0.05, 0) is 55.5 Å². The summed E-state index contributed by atoms with van der Waals surface area (Å²) in [4.78, 5) is 27.1. The first-order valence-corrected chi connectivity index (χ1v) is 13.5. The highest BCUT2D eigenvalue weighted by atomic mass is 32.2. The molecule has 2 aromatic carbocycles. The third-order valence-corrected chi connectivity index (χ3v) is 7.71. The first-order valence-electron chi connectivity index (χ1n) is 12.0. The molecule has 0 unspecified atom stereocenters. The van der Waals surface area contributed by atoms with Gasteiger partial charge in [-0.15, -0.1) is 0 Å². The number of sulfonamides is 1. The molecule has 1 heterocycles. The zero-order valence-corrected chi connectivity index (χ0v) is 20.9. The number of amidine groups is 1. The van der Waals surface area contributed by atoms with E-state index >= 15 is 0 Å². The molecule has 0 radical (unpaired) electrons. The van der Waals surface area contributed by atoms with Crippen molar-refractivity contribution in [3.8, 4) is 0 Å². The Bertz CT molecular complexity index is 1160. The molecule has 2 aromatic rings. The van der Waals surface area contributed by atoms with E-state index in [1.54, 1.807) is 24.0 Å². The maximum atomic E-state index is 13.4. The molecule has 1 saturated heterocycles. The van der Waals surface area contributed by atoms with E-state index in [1.807, 2.05) is 24.3 Å². The fraction of sp³-hybridized carbons (Fsp3) is 0.480. The average molecular weight is 503 g/mol. The molecule has 1 atom stereocenters. The second-order valence-electron chi connectivity index (χ2n) is 8.81. The van der Waals surface area contributed by atoms with Crippen molar-refractivity contribution in [3.05, 3.63) is 42.5 Å². The maximum absolute atomic E-state index is 13.4. The normalized spacial score (nSPS) is 15.6. The molecule has 1 amide bonds. The Morgan fingerprint density at radius 1 is 1.14 bits per heavy atom. The van der Waals surface area contributed by atoms with Gasteiger partial charge in [0.25, 0.3) is 0 Å². The molecular weight excluding hydrogens is 468 g/mol. The van der Waals surface area contributed by atoms with Gasteiger partial charge >= 0.3 is 5.97 Å². The molecule has 3 rings (SSSR count). The van der Waals surface area contributed by atoms with Crippen LogP contribution in [0.1, 0.15) is 45.4 Å². The number of nitrogens with two attached hydrogens (primary N) is 1. The van der Waals surface area contributed by atoms with Crippen LogP contribution in [0.4, 0.5) is 0 Å². The van der Waals surface area contributed by atoms with Crippen molar-refractivity contribution in [2.45, 2.75) is 56.4 Å². The minimum absolute atomic E-state index is 0.0608. The lowest BCUT2D eigenvalue weighted by Gasteiger charge is -2.33. The van der Waals surface area contributed by atoms with Gasteiger partial charge in [0.15, 0.2) is 0 Å². The van der Waals surface area contributed by atoms with E-state index in [2.05, 4.69) is 4.72 Å². The van der Waals surface area contributed by atoms with Crippen LogP contribution >= 0.6 is 0 Å². The lowest BCUT2D eigenvalue weighted by atomic mass is 9.96. The van der Waals surface area contributed by atoms with Gasteiger partial charge in [-0.2, -0.15) is 4.72 Å². The third kappa shape index (κ3) is 7.25. The Hall–Kier alpha value is -2.98. The Labute approximate surface area is 206 Å². The molecule has 0 aliphatic carbocycles. The Morgan fingerprint density at radius 3 is 2.49 bits per heavy atom. The van der Waals surface area contributed by atoms with Crippen LogP contribution in [0.15, 0.2) is 47.4 Å². The summed E-state index contributed by atoms with van der Waals surface area (Å²) >= 11 is 0. The van der Waals surface area contributed by atoms with Gasteiger partial charge in [0.05, 0.1) is 23.3 Å². The quantitative estimate of drug-likeness (QED) is 0.187. The molecule has 35 heavy (non-hydrogen) atoms. The van der Waals surface area contributed by atoms with E-state index in [1.165, 1.54) is 6.07 Å². The van der Waals surface area contributed by atoms with Crippen LogP contribution in [0.5, 0.6) is 0 Å². The van der Waals surface area contributed by atoms with Gasteiger partial charge in [-0.3, -0.25) is 15.0 Å². The molecule has 0 bridgehead atoms. The number of fused-ring (bicyclic) bond motifs is 1. The topological polar surface area (TPSA) is 143 Å². The van der Waals surface area contributed by atoms with Crippen LogP contribution in [0.3, 0.4) is 0 Å². The lowest BCUT2D eigenvalue weighted by Crippen LogP contribution is -2.51. The van der Waals surface area contributed by atoms with Crippen molar-refractivity contribution in [1.29, 1.82) is 5.41 Å². The van der Waals surface area contributed by atoms with E-state index < -0.39 is 16.1 Å². The van der Waals surface area contributed by atoms with Gasteiger partial charge in [-0.1, -0.05) is 36.8 Å². The van der Waals surface area contributed by atoms with Crippen molar-refractivity contribution < 1.29 is 22.7 Å². The summed E-state index contributed by atoms with van der Waals surface area (Å²) in [5, 5.41) is 9.10. The lowest BCUT2D eigenvalue weighted by molar-refractivity contribution is -0.151. The number of piperidine rings is 1. The molecular formula is C25H34N4O5S. The number of hydrogen-bond donors (Lipinski definition) is 3. The minimum Gasteiger partial charge on any atom is -0.466 e. The van der Waals surface area contributed by atoms with Crippen LogP contribution in [0, 0.1) is 11.3 Å². The number of likely N-dealkylation sites (tertiary alicyclic amines) is 1. The van der Waals surface area contributed by atoms with E-state index in [4.69, 9.17) is 15.9 Å². The Kier molecular flexibility index (Phi) is 9.22. The van der Waals surface area contributed by atoms with Crippen molar-refractivity contribution in [2.24, 2.45) is 11.7 Å². The van der Waals surface area contributed by atoms with E-state index in [-0.39, 0.29) is 34.9 Å². The largest absolute Gasteiger partial charge is 0.466 e. The van der Waals surface area contributed by atoms with Gasteiger partial charge < -0.3 is 15.4 Å². The molecule has 0 saturated carbocycles. The van der Waals surface area contributed by atoms with Crippen LogP contribution in [0.2, 0.25) is 0 Å². The van der Waals surface area contributed by atoms with Gasteiger partial charge in [0.1, 0.15) is 6.04 Å². The minimum atomic E-state index is -3.96. The predicted octanol–water partition coefficient (Wildman–Crippen LogP) is 2.78. The Morgan fingerprint density at radius 2 is 1.83 bits per heavy atom. The number of amides is 1. The predicted molar refractivity (Wildman–Crippen MR) is 134 cm³/mol. The number of nitrogens with zero attached hydrogens (tertiary/aromatic N) is 1. The van der Waals surface area contributed by atoms with Crippen LogP contribution in [0.25, 0.3) is 10.8 Å². The molecule has 1 aliphatic heterocycles. The number of carbonyl (C=O) groups is 2. The standard InChI is InChI=1S/C25H34N4O5S/c1-2-34-25(31)19-13-15-29(16-14-19)24(30)22(9-5-6-10-23(26)27)28-35(32,33)21-12-11-18-7-3-4-8-20(18)17-21/h3-4,7-8,11-12,17,19,22,28H,2,5-6,9-10,13-16H2,1H3,(H3,26,27)/t22-/m0/s1. The molecule has 0 spiro atoms. The fourth-order valence-electron chi connectivity index (χ4n) is 4.30. The summed E-state index contributed by atoms with van der Waals surface area (Å²) in [5.41, 5.74) is 5.43. The smallest absolute Gasteiger partial charge is 0.309 e. The monoisotopic (exact) mass is 502 g/mol. The molecule has 0 aromatic heterocycles. The number of ether oxygens (including phenoxy) is 1.